The minimum absolute atomic E-state index is 0.0254. The Kier molecular flexibility index (Phi) is 3.92. The smallest absolute Gasteiger partial charge is 0.252 e. The van der Waals surface area contributed by atoms with Crippen LogP contribution in [-0.2, 0) is 4.79 Å². The van der Waals surface area contributed by atoms with Gasteiger partial charge in [-0.3, -0.25) is 4.79 Å². The number of piperidine rings is 2. The quantitative estimate of drug-likeness (QED) is 0.717. The van der Waals surface area contributed by atoms with Crippen LogP contribution in [0.15, 0.2) is 10.2 Å². The molecule has 0 spiro atoms. The molecule has 120 valence electrons. The predicted octanol–water partition coefficient (Wildman–Crippen LogP) is 3.52. The molecule has 0 saturated carbocycles. The molecule has 2 atom stereocenters. The Morgan fingerprint density at radius 2 is 1.86 bits per heavy atom. The summed E-state index contributed by atoms with van der Waals surface area (Å²) in [5, 5.41) is 8.04. The second-order valence-electron chi connectivity index (χ2n) is 6.69. The van der Waals surface area contributed by atoms with Crippen LogP contribution in [0.25, 0.3) is 0 Å². The number of rotatable bonds is 5. The summed E-state index contributed by atoms with van der Waals surface area (Å²) >= 11 is 0. The van der Waals surface area contributed by atoms with Gasteiger partial charge in [0.2, 0.25) is 5.91 Å². The zero-order valence-corrected chi connectivity index (χ0v) is 12.6. The minimum atomic E-state index is -2.62. The van der Waals surface area contributed by atoms with Crippen molar-refractivity contribution in [3.63, 3.8) is 0 Å². The van der Waals surface area contributed by atoms with E-state index in [2.05, 4.69) is 16.1 Å². The highest BCUT2D eigenvalue weighted by Gasteiger charge is 2.49. The van der Waals surface area contributed by atoms with Gasteiger partial charge in [-0.25, -0.2) is 8.78 Å². The van der Waals surface area contributed by atoms with Crippen LogP contribution in [0, 0.1) is 12.3 Å². The first-order valence-corrected chi connectivity index (χ1v) is 8.01. The van der Waals surface area contributed by atoms with Crippen molar-refractivity contribution in [1.29, 1.82) is 0 Å². The van der Waals surface area contributed by atoms with Crippen LogP contribution in [0.3, 0.4) is 0 Å². The average Bonchev–Trinajstić information content (AvgIpc) is 3.21. The number of amides is 1. The van der Waals surface area contributed by atoms with Crippen molar-refractivity contribution in [2.45, 2.75) is 81.5 Å². The first-order chi connectivity index (χ1) is 10.4. The summed E-state index contributed by atoms with van der Waals surface area (Å²) in [6, 6.07) is -0.602. The van der Waals surface area contributed by atoms with Crippen LogP contribution >= 0.6 is 0 Å². The zero-order chi connectivity index (χ0) is 15.8. The molecule has 4 nitrogen and oxygen atoms in total. The largest absolute Gasteiger partial charge is 0.336 e. The van der Waals surface area contributed by atoms with E-state index in [1.54, 1.807) is 4.90 Å². The number of halogens is 2. The fraction of sp³-hybridized carbons (Fsp3) is 0.812. The lowest BCUT2D eigenvalue weighted by molar-refractivity contribution is -0.157. The van der Waals surface area contributed by atoms with Crippen molar-refractivity contribution in [3.05, 3.63) is 0 Å². The summed E-state index contributed by atoms with van der Waals surface area (Å²) in [7, 11) is 0. The molecule has 2 bridgehead atoms. The summed E-state index contributed by atoms with van der Waals surface area (Å²) in [6.45, 7) is 0. The Bertz CT molecular complexity index is 504. The van der Waals surface area contributed by atoms with Crippen molar-refractivity contribution in [1.82, 2.24) is 4.90 Å². The summed E-state index contributed by atoms with van der Waals surface area (Å²) in [6.07, 6.45) is 9.29. The maximum atomic E-state index is 13.7. The number of carbonyl (C=O) groups is 1. The molecular weight excluding hydrogens is 288 g/mol. The monoisotopic (exact) mass is 309 g/mol. The van der Waals surface area contributed by atoms with Gasteiger partial charge in [0.05, 0.1) is 0 Å². The molecule has 2 saturated heterocycles. The van der Waals surface area contributed by atoms with E-state index in [0.29, 0.717) is 38.5 Å². The van der Waals surface area contributed by atoms with Gasteiger partial charge in [0.15, 0.2) is 5.66 Å². The molecule has 3 aliphatic rings. The lowest BCUT2D eigenvalue weighted by Crippen LogP contribution is -2.57. The molecule has 3 rings (SSSR count). The van der Waals surface area contributed by atoms with Gasteiger partial charge in [-0.15, -0.1) is 12.3 Å². The highest BCUT2D eigenvalue weighted by atomic mass is 19.3. The molecule has 1 amide bonds. The van der Waals surface area contributed by atoms with Crippen molar-refractivity contribution in [3.8, 4) is 12.3 Å². The van der Waals surface area contributed by atoms with Gasteiger partial charge < -0.3 is 4.90 Å². The molecule has 0 aromatic rings. The maximum Gasteiger partial charge on any atom is 0.252 e. The van der Waals surface area contributed by atoms with Crippen LogP contribution < -0.4 is 0 Å². The topological polar surface area (TPSA) is 45.0 Å². The first kappa shape index (κ1) is 15.4. The Morgan fingerprint density at radius 3 is 2.41 bits per heavy atom. The Labute approximate surface area is 129 Å². The molecular formula is C16H21F2N3O. The minimum Gasteiger partial charge on any atom is -0.336 e. The van der Waals surface area contributed by atoms with E-state index in [9.17, 15) is 13.6 Å². The van der Waals surface area contributed by atoms with Gasteiger partial charge in [-0.05, 0) is 19.3 Å². The molecule has 0 aliphatic carbocycles. The number of carbonyl (C=O) groups excluding carboxylic acids is 1. The van der Waals surface area contributed by atoms with E-state index in [1.165, 1.54) is 0 Å². The third kappa shape index (κ3) is 3.13. The van der Waals surface area contributed by atoms with Gasteiger partial charge in [-0.2, -0.15) is 10.2 Å². The Morgan fingerprint density at radius 1 is 1.23 bits per heavy atom. The van der Waals surface area contributed by atoms with Gasteiger partial charge in [0.1, 0.15) is 0 Å². The Hall–Kier alpha value is -1.51. The molecule has 0 N–H and O–H groups in total. The molecule has 2 fully saturated rings. The second-order valence-corrected chi connectivity index (χ2v) is 6.69. The molecule has 2 unspecified atom stereocenters. The summed E-state index contributed by atoms with van der Waals surface area (Å²) < 4.78 is 27.4. The third-order valence-electron chi connectivity index (χ3n) is 5.01. The summed E-state index contributed by atoms with van der Waals surface area (Å²) in [4.78, 5) is 14.3. The van der Waals surface area contributed by atoms with Crippen molar-refractivity contribution in [2.75, 3.05) is 0 Å². The van der Waals surface area contributed by atoms with Crippen LogP contribution in [-0.4, -0.2) is 34.5 Å². The van der Waals surface area contributed by atoms with E-state index in [1.807, 2.05) is 0 Å². The molecule has 22 heavy (non-hydrogen) atoms. The van der Waals surface area contributed by atoms with E-state index in [-0.39, 0.29) is 30.8 Å². The molecule has 6 heteroatoms. The van der Waals surface area contributed by atoms with E-state index in [4.69, 9.17) is 6.42 Å². The van der Waals surface area contributed by atoms with Crippen LogP contribution in [0.1, 0.15) is 57.8 Å². The average molecular weight is 309 g/mol. The number of hydrogen-bond donors (Lipinski definition) is 0. The fourth-order valence-electron chi connectivity index (χ4n) is 3.85. The maximum absolute atomic E-state index is 13.7. The van der Waals surface area contributed by atoms with Crippen LogP contribution in [0.5, 0.6) is 0 Å². The zero-order valence-electron chi connectivity index (χ0n) is 12.6. The lowest BCUT2D eigenvalue weighted by atomic mass is 9.82. The predicted molar refractivity (Wildman–Crippen MR) is 77.3 cm³/mol. The molecule has 3 heterocycles. The van der Waals surface area contributed by atoms with E-state index >= 15 is 0 Å². The molecule has 3 aliphatic heterocycles. The summed E-state index contributed by atoms with van der Waals surface area (Å²) in [5.74, 6) is -0.0912. The number of terminal acetylenes is 1. The van der Waals surface area contributed by atoms with Crippen molar-refractivity contribution in [2.24, 2.45) is 10.2 Å². The summed E-state index contributed by atoms with van der Waals surface area (Å²) in [5.41, 5.74) is -0.475. The third-order valence-corrected chi connectivity index (χ3v) is 5.01. The molecule has 0 radical (unpaired) electrons. The van der Waals surface area contributed by atoms with E-state index < -0.39 is 11.6 Å². The highest BCUT2D eigenvalue weighted by Crippen LogP contribution is 2.43. The van der Waals surface area contributed by atoms with Gasteiger partial charge in [-0.1, -0.05) is 0 Å². The molecule has 0 aromatic heterocycles. The van der Waals surface area contributed by atoms with Crippen molar-refractivity contribution >= 4 is 5.91 Å². The van der Waals surface area contributed by atoms with Gasteiger partial charge in [0.25, 0.3) is 5.92 Å². The fourth-order valence-corrected chi connectivity index (χ4v) is 3.85. The normalized spacial score (nSPS) is 30.7. The highest BCUT2D eigenvalue weighted by molar-refractivity contribution is 5.77. The lowest BCUT2D eigenvalue weighted by Gasteiger charge is -2.48. The SMILES string of the molecule is C#CCCC1(CCC(=O)N2C3CCCC2CC(F)(F)C3)N=N1. The second kappa shape index (κ2) is 5.60. The van der Waals surface area contributed by atoms with E-state index in [0.717, 1.165) is 6.42 Å². The molecule has 0 aromatic carbocycles. The number of alkyl halides is 2. The van der Waals surface area contributed by atoms with Crippen LogP contribution in [0.4, 0.5) is 8.78 Å². The Balaban J connectivity index is 1.57. The van der Waals surface area contributed by atoms with Gasteiger partial charge >= 0.3 is 0 Å². The van der Waals surface area contributed by atoms with Crippen LogP contribution in [0.2, 0.25) is 0 Å². The number of hydrogen-bond acceptors (Lipinski definition) is 3. The standard InChI is InChI=1S/C16H21F2N3O/c1-2-3-8-16(19-20-16)9-7-14(22)21-12-5-4-6-13(21)11-15(17,18)10-12/h1,12-13H,3-11H2. The van der Waals surface area contributed by atoms with Gasteiger partial charge in [0, 0.05) is 50.6 Å². The number of nitrogens with zero attached hydrogens (tertiary/aromatic N) is 3. The van der Waals surface area contributed by atoms with Crippen molar-refractivity contribution < 1.29 is 13.6 Å². The number of fused-ring (bicyclic) bond motifs is 2. The first-order valence-electron chi connectivity index (χ1n) is 8.01.